The van der Waals surface area contributed by atoms with Gasteiger partial charge in [0.1, 0.15) is 18.6 Å². The van der Waals surface area contributed by atoms with Crippen LogP contribution in [0.1, 0.15) is 10.4 Å². The van der Waals surface area contributed by atoms with E-state index in [0.717, 1.165) is 23.3 Å². The van der Waals surface area contributed by atoms with Crippen LogP contribution in [0.2, 0.25) is 0 Å². The minimum absolute atomic E-state index is 0.494. The van der Waals surface area contributed by atoms with Crippen LogP contribution in [0.3, 0.4) is 0 Å². The van der Waals surface area contributed by atoms with Gasteiger partial charge in [0.05, 0.1) is 12.3 Å². The van der Waals surface area contributed by atoms with Gasteiger partial charge in [-0.05, 0) is 12.1 Å². The zero-order chi connectivity index (χ0) is 13.5. The van der Waals surface area contributed by atoms with Crippen molar-refractivity contribution in [3.05, 3.63) is 48.2 Å². The average Bonchev–Trinajstić information content (AvgIpc) is 2.48. The third-order valence-electron chi connectivity index (χ3n) is 2.61. The minimum Gasteiger partial charge on any atom is -0.491 e. The molecule has 0 saturated carbocycles. The fraction of sp³-hybridized carbons (Fsp3) is 0.200. The Morgan fingerprint density at radius 3 is 2.89 bits per heavy atom. The predicted molar refractivity (Wildman–Crippen MR) is 72.4 cm³/mol. The largest absolute Gasteiger partial charge is 0.491 e. The Balaban J connectivity index is 2.19. The molecule has 0 unspecified atom stereocenters. The molecule has 0 fully saturated rings. The molecule has 0 aliphatic carbocycles. The van der Waals surface area contributed by atoms with Gasteiger partial charge in [-0.15, -0.1) is 0 Å². The van der Waals surface area contributed by atoms with E-state index in [1.807, 2.05) is 18.2 Å². The molecule has 98 valence electrons. The van der Waals surface area contributed by atoms with Crippen LogP contribution in [0.15, 0.2) is 42.6 Å². The van der Waals surface area contributed by atoms with Crippen molar-refractivity contribution in [1.82, 2.24) is 4.98 Å². The molecular weight excluding hydrogens is 242 g/mol. The van der Waals surface area contributed by atoms with Crippen LogP contribution in [0, 0.1) is 0 Å². The number of pyridine rings is 1. The Labute approximate surface area is 112 Å². The van der Waals surface area contributed by atoms with Crippen molar-refractivity contribution < 1.29 is 14.3 Å². The van der Waals surface area contributed by atoms with Crippen LogP contribution in [-0.2, 0) is 4.74 Å². The second-order valence-electron chi connectivity index (χ2n) is 3.96. The maximum atomic E-state index is 10.8. The molecule has 0 atom stereocenters. The van der Waals surface area contributed by atoms with Crippen LogP contribution in [-0.4, -0.2) is 31.6 Å². The molecule has 0 spiro atoms. The highest BCUT2D eigenvalue weighted by Gasteiger charge is 2.02. The average molecular weight is 257 g/mol. The second-order valence-corrected chi connectivity index (χ2v) is 3.96. The van der Waals surface area contributed by atoms with Crippen LogP contribution in [0.4, 0.5) is 0 Å². The van der Waals surface area contributed by atoms with E-state index in [1.165, 1.54) is 0 Å². The lowest BCUT2D eigenvalue weighted by Crippen LogP contribution is -2.04. The maximum absolute atomic E-state index is 10.8. The van der Waals surface area contributed by atoms with E-state index >= 15 is 0 Å². The lowest BCUT2D eigenvalue weighted by molar-refractivity contribution is 0.112. The number of rotatable bonds is 6. The van der Waals surface area contributed by atoms with E-state index in [-0.39, 0.29) is 0 Å². The second kappa shape index (κ2) is 6.66. The van der Waals surface area contributed by atoms with Crippen LogP contribution < -0.4 is 4.74 Å². The van der Waals surface area contributed by atoms with Gasteiger partial charge < -0.3 is 9.47 Å². The molecule has 2 rings (SSSR count). The number of carbonyl (C=O) groups is 1. The Morgan fingerprint density at radius 2 is 2.11 bits per heavy atom. The van der Waals surface area contributed by atoms with Gasteiger partial charge in [-0.1, -0.05) is 18.2 Å². The molecule has 4 heteroatoms. The monoisotopic (exact) mass is 257 g/mol. The van der Waals surface area contributed by atoms with Gasteiger partial charge in [-0.2, -0.15) is 0 Å². The number of ether oxygens (including phenoxy) is 2. The summed E-state index contributed by atoms with van der Waals surface area (Å²) in [5.74, 6) is 0.735. The molecular formula is C15H15NO3. The summed E-state index contributed by atoms with van der Waals surface area (Å²) in [7, 11) is 1.63. The van der Waals surface area contributed by atoms with Crippen molar-refractivity contribution in [2.45, 2.75) is 0 Å². The first-order chi connectivity index (χ1) is 9.33. The van der Waals surface area contributed by atoms with Gasteiger partial charge in [0, 0.05) is 30.5 Å². The topological polar surface area (TPSA) is 48.4 Å². The molecule has 0 bridgehead atoms. The summed E-state index contributed by atoms with van der Waals surface area (Å²) in [4.78, 5) is 15.1. The van der Waals surface area contributed by atoms with E-state index < -0.39 is 0 Å². The fourth-order valence-corrected chi connectivity index (χ4v) is 1.67. The number of aldehydes is 1. The number of hydrogen-bond acceptors (Lipinski definition) is 4. The summed E-state index contributed by atoms with van der Waals surface area (Å²) in [6.45, 7) is 1.03. The van der Waals surface area contributed by atoms with Gasteiger partial charge in [0.25, 0.3) is 0 Å². The van der Waals surface area contributed by atoms with E-state index in [1.54, 1.807) is 31.5 Å². The minimum atomic E-state index is 0.494. The van der Waals surface area contributed by atoms with Crippen molar-refractivity contribution in [1.29, 1.82) is 0 Å². The van der Waals surface area contributed by atoms with Crippen LogP contribution in [0.25, 0.3) is 11.3 Å². The number of nitrogens with zero attached hydrogens (tertiary/aromatic N) is 1. The third kappa shape index (κ3) is 3.63. The molecule has 1 aromatic carbocycles. The van der Waals surface area contributed by atoms with Crippen LogP contribution in [0.5, 0.6) is 5.75 Å². The van der Waals surface area contributed by atoms with Gasteiger partial charge in [0.2, 0.25) is 0 Å². The van der Waals surface area contributed by atoms with Crippen molar-refractivity contribution in [2.75, 3.05) is 20.3 Å². The zero-order valence-electron chi connectivity index (χ0n) is 10.7. The quantitative estimate of drug-likeness (QED) is 0.589. The van der Waals surface area contributed by atoms with Crippen molar-refractivity contribution in [2.24, 2.45) is 0 Å². The van der Waals surface area contributed by atoms with Gasteiger partial charge >= 0.3 is 0 Å². The lowest BCUT2D eigenvalue weighted by Gasteiger charge is -2.07. The fourth-order valence-electron chi connectivity index (χ4n) is 1.67. The first kappa shape index (κ1) is 13.2. The number of carbonyl (C=O) groups excluding carboxylic acids is 1. The smallest absolute Gasteiger partial charge is 0.150 e. The maximum Gasteiger partial charge on any atom is 0.150 e. The molecule has 0 aliphatic heterocycles. The van der Waals surface area contributed by atoms with E-state index in [0.29, 0.717) is 18.8 Å². The van der Waals surface area contributed by atoms with Gasteiger partial charge in [0.15, 0.2) is 0 Å². The summed E-state index contributed by atoms with van der Waals surface area (Å²) in [6.07, 6.45) is 2.51. The highest BCUT2D eigenvalue weighted by molar-refractivity contribution is 5.78. The molecule has 4 nitrogen and oxygen atoms in total. The Hall–Kier alpha value is -2.20. The standard InChI is InChI=1S/C15H15NO3/c1-18-7-8-19-14-5-6-16-15(10-14)13-4-2-3-12(9-13)11-17/h2-6,9-11H,7-8H2,1H3. The summed E-state index contributed by atoms with van der Waals surface area (Å²) in [5.41, 5.74) is 2.30. The SMILES string of the molecule is COCCOc1ccnc(-c2cccc(C=O)c2)c1. The molecule has 0 radical (unpaired) electrons. The summed E-state index contributed by atoms with van der Waals surface area (Å²) < 4.78 is 10.5. The molecule has 2 aromatic rings. The Kier molecular flexibility index (Phi) is 4.64. The summed E-state index contributed by atoms with van der Waals surface area (Å²) in [6, 6.07) is 10.9. The molecule has 0 aliphatic rings. The van der Waals surface area contributed by atoms with Crippen LogP contribution >= 0.6 is 0 Å². The first-order valence-corrected chi connectivity index (χ1v) is 5.97. The van der Waals surface area contributed by atoms with E-state index in [9.17, 15) is 4.79 Å². The Morgan fingerprint density at radius 1 is 1.21 bits per heavy atom. The molecule has 19 heavy (non-hydrogen) atoms. The van der Waals surface area contributed by atoms with Gasteiger partial charge in [-0.3, -0.25) is 9.78 Å². The first-order valence-electron chi connectivity index (χ1n) is 5.97. The Bertz CT molecular complexity index is 555. The third-order valence-corrected chi connectivity index (χ3v) is 2.61. The number of aromatic nitrogens is 1. The molecule has 1 heterocycles. The summed E-state index contributed by atoms with van der Waals surface area (Å²) >= 11 is 0. The van der Waals surface area contributed by atoms with Crippen molar-refractivity contribution in [3.8, 4) is 17.0 Å². The number of hydrogen-bond donors (Lipinski definition) is 0. The summed E-state index contributed by atoms with van der Waals surface area (Å²) in [5, 5.41) is 0. The lowest BCUT2D eigenvalue weighted by atomic mass is 10.1. The number of methoxy groups -OCH3 is 1. The van der Waals surface area contributed by atoms with E-state index in [2.05, 4.69) is 4.98 Å². The van der Waals surface area contributed by atoms with Gasteiger partial charge in [-0.25, -0.2) is 0 Å². The zero-order valence-corrected chi connectivity index (χ0v) is 10.7. The normalized spacial score (nSPS) is 10.2. The number of benzene rings is 1. The highest BCUT2D eigenvalue weighted by atomic mass is 16.5. The molecule has 0 amide bonds. The molecule has 0 saturated heterocycles. The highest BCUT2D eigenvalue weighted by Crippen LogP contribution is 2.21. The van der Waals surface area contributed by atoms with Crippen molar-refractivity contribution in [3.63, 3.8) is 0 Å². The molecule has 1 aromatic heterocycles. The predicted octanol–water partition coefficient (Wildman–Crippen LogP) is 2.59. The van der Waals surface area contributed by atoms with E-state index in [4.69, 9.17) is 9.47 Å². The molecule has 0 N–H and O–H groups in total. The van der Waals surface area contributed by atoms with Crippen molar-refractivity contribution >= 4 is 6.29 Å².